The normalized spacial score (nSPS) is 12.0. The van der Waals surface area contributed by atoms with E-state index in [0.29, 0.717) is 20.7 Å². The van der Waals surface area contributed by atoms with E-state index in [4.69, 9.17) is 11.6 Å². The summed E-state index contributed by atoms with van der Waals surface area (Å²) in [5, 5.41) is 3.38. The number of sulfonamides is 1. The number of halogens is 2. The van der Waals surface area contributed by atoms with Crippen molar-refractivity contribution in [1.82, 2.24) is 10.2 Å². The number of nitrogens with one attached hydrogen (secondary N) is 1. The highest BCUT2D eigenvalue weighted by molar-refractivity contribution is 9.10. The van der Waals surface area contributed by atoms with Crippen LogP contribution in [0.25, 0.3) is 0 Å². The first kappa shape index (κ1) is 33.2. The number of carbonyl (C=O) groups is 2. The highest BCUT2D eigenvalue weighted by Crippen LogP contribution is 2.28. The second-order valence-corrected chi connectivity index (χ2v) is 14.0. The first-order chi connectivity index (χ1) is 21.0. The van der Waals surface area contributed by atoms with E-state index in [0.717, 1.165) is 15.4 Å². The van der Waals surface area contributed by atoms with Crippen LogP contribution in [-0.2, 0) is 32.6 Å². The second-order valence-electron chi connectivity index (χ2n) is 10.8. The van der Waals surface area contributed by atoms with Crippen LogP contribution >= 0.6 is 27.5 Å². The van der Waals surface area contributed by atoms with Gasteiger partial charge in [0.2, 0.25) is 11.8 Å². The van der Waals surface area contributed by atoms with Gasteiger partial charge in [0.25, 0.3) is 10.0 Å². The number of benzene rings is 4. The molecule has 0 fully saturated rings. The summed E-state index contributed by atoms with van der Waals surface area (Å²) in [5.74, 6) is -0.903. The van der Waals surface area contributed by atoms with E-state index in [9.17, 15) is 18.0 Å². The van der Waals surface area contributed by atoms with Crippen LogP contribution in [-0.4, -0.2) is 43.8 Å². The summed E-state index contributed by atoms with van der Waals surface area (Å²) in [6.07, 6.45) is 0.219. The zero-order chi connectivity index (χ0) is 31.9. The van der Waals surface area contributed by atoms with Crippen LogP contribution in [0.15, 0.2) is 112 Å². The molecule has 0 aliphatic carbocycles. The summed E-state index contributed by atoms with van der Waals surface area (Å²) in [6, 6.07) is 28.6. The predicted octanol–water partition coefficient (Wildman–Crippen LogP) is 6.77. The molecule has 0 spiro atoms. The number of amides is 2. The van der Waals surface area contributed by atoms with Gasteiger partial charge in [0.15, 0.2) is 0 Å². The molecule has 0 aliphatic rings. The maximum absolute atomic E-state index is 14.5. The van der Waals surface area contributed by atoms with E-state index in [1.807, 2.05) is 51.1 Å². The molecule has 4 rings (SSSR count). The lowest BCUT2D eigenvalue weighted by Gasteiger charge is -2.34. The molecule has 0 saturated heterocycles. The standard InChI is InChI=1S/C34H35BrClN3O4S/c1-24(2)37-34(41)32(20-26-10-5-4-6-11-26)38(22-27-12-7-8-15-31(27)36)33(40)23-39(29-14-9-13-28(35)21-29)44(42,43)30-18-16-25(3)17-19-30/h4-19,21,24,32H,20,22-23H2,1-3H3,(H,37,41). The Morgan fingerprint density at radius 2 is 1.55 bits per heavy atom. The highest BCUT2D eigenvalue weighted by atomic mass is 79.9. The van der Waals surface area contributed by atoms with Crippen molar-refractivity contribution in [3.8, 4) is 0 Å². The zero-order valence-corrected chi connectivity index (χ0v) is 27.9. The number of carbonyl (C=O) groups excluding carboxylic acids is 2. The largest absolute Gasteiger partial charge is 0.352 e. The molecular weight excluding hydrogens is 662 g/mol. The van der Waals surface area contributed by atoms with E-state index in [1.54, 1.807) is 60.7 Å². The van der Waals surface area contributed by atoms with E-state index in [1.165, 1.54) is 17.0 Å². The summed E-state index contributed by atoms with van der Waals surface area (Å²) in [6.45, 7) is 5.02. The zero-order valence-electron chi connectivity index (χ0n) is 24.8. The minimum Gasteiger partial charge on any atom is -0.352 e. The van der Waals surface area contributed by atoms with Gasteiger partial charge in [-0.2, -0.15) is 0 Å². The molecule has 4 aromatic rings. The van der Waals surface area contributed by atoms with E-state index >= 15 is 0 Å². The van der Waals surface area contributed by atoms with Crippen LogP contribution in [0.2, 0.25) is 5.02 Å². The maximum atomic E-state index is 14.5. The Kier molecular flexibility index (Phi) is 11.2. The van der Waals surface area contributed by atoms with Crippen molar-refractivity contribution in [1.29, 1.82) is 0 Å². The van der Waals surface area contributed by atoms with Crippen molar-refractivity contribution >= 4 is 55.1 Å². The first-order valence-corrected chi connectivity index (χ1v) is 16.8. The SMILES string of the molecule is Cc1ccc(S(=O)(=O)N(CC(=O)N(Cc2ccccc2Cl)C(Cc2ccccc2)C(=O)NC(C)C)c2cccc(Br)c2)cc1. The molecule has 230 valence electrons. The Morgan fingerprint density at radius 3 is 2.18 bits per heavy atom. The minimum atomic E-state index is -4.18. The number of anilines is 1. The van der Waals surface area contributed by atoms with Crippen molar-refractivity contribution in [2.45, 2.75) is 50.7 Å². The van der Waals surface area contributed by atoms with E-state index in [2.05, 4.69) is 21.2 Å². The van der Waals surface area contributed by atoms with Gasteiger partial charge in [-0.05, 0) is 68.3 Å². The average Bonchev–Trinajstić information content (AvgIpc) is 2.98. The van der Waals surface area contributed by atoms with E-state index < -0.39 is 28.5 Å². The molecule has 44 heavy (non-hydrogen) atoms. The lowest BCUT2D eigenvalue weighted by Crippen LogP contribution is -2.54. The number of nitrogens with zero attached hydrogens (tertiary/aromatic N) is 2. The third-order valence-electron chi connectivity index (χ3n) is 6.98. The Labute approximate surface area is 273 Å². The number of rotatable bonds is 12. The molecule has 2 amide bonds. The molecule has 0 aromatic heterocycles. The molecule has 7 nitrogen and oxygen atoms in total. The molecule has 0 radical (unpaired) electrons. The summed E-state index contributed by atoms with van der Waals surface area (Å²) >= 11 is 9.96. The van der Waals surface area contributed by atoms with Crippen LogP contribution in [0.4, 0.5) is 5.69 Å². The molecule has 0 saturated carbocycles. The summed E-state index contributed by atoms with van der Waals surface area (Å²) in [4.78, 5) is 29.7. The topological polar surface area (TPSA) is 86.8 Å². The van der Waals surface area contributed by atoms with Gasteiger partial charge in [-0.15, -0.1) is 0 Å². The highest BCUT2D eigenvalue weighted by Gasteiger charge is 2.35. The van der Waals surface area contributed by atoms with Gasteiger partial charge >= 0.3 is 0 Å². The third-order valence-corrected chi connectivity index (χ3v) is 9.63. The number of hydrogen-bond acceptors (Lipinski definition) is 4. The third kappa shape index (κ3) is 8.49. The molecular formula is C34H35BrClN3O4S. The molecule has 0 aliphatic heterocycles. The molecule has 10 heteroatoms. The fourth-order valence-corrected chi connectivity index (χ4v) is 6.73. The monoisotopic (exact) mass is 695 g/mol. The Morgan fingerprint density at radius 1 is 0.886 bits per heavy atom. The van der Waals surface area contributed by atoms with Crippen molar-refractivity contribution in [2.24, 2.45) is 0 Å². The van der Waals surface area contributed by atoms with Crippen LogP contribution in [0.3, 0.4) is 0 Å². The fourth-order valence-electron chi connectivity index (χ4n) is 4.74. The quantitative estimate of drug-likeness (QED) is 0.177. The van der Waals surface area contributed by atoms with Gasteiger partial charge in [0, 0.05) is 28.5 Å². The lowest BCUT2D eigenvalue weighted by atomic mass is 10.0. The number of aryl methyl sites for hydroxylation is 1. The molecule has 1 unspecified atom stereocenters. The first-order valence-electron chi connectivity index (χ1n) is 14.2. The maximum Gasteiger partial charge on any atom is 0.264 e. The molecule has 0 bridgehead atoms. The molecule has 0 heterocycles. The van der Waals surface area contributed by atoms with Crippen LogP contribution in [0.1, 0.15) is 30.5 Å². The van der Waals surface area contributed by atoms with Gasteiger partial charge in [0.05, 0.1) is 10.6 Å². The molecule has 1 atom stereocenters. The van der Waals surface area contributed by atoms with E-state index in [-0.39, 0.29) is 29.8 Å². The Balaban J connectivity index is 1.82. The van der Waals surface area contributed by atoms with Gasteiger partial charge in [-0.3, -0.25) is 13.9 Å². The smallest absolute Gasteiger partial charge is 0.264 e. The lowest BCUT2D eigenvalue weighted by molar-refractivity contribution is -0.140. The van der Waals surface area contributed by atoms with Crippen LogP contribution < -0.4 is 9.62 Å². The Bertz CT molecular complexity index is 1700. The van der Waals surface area contributed by atoms with Crippen molar-refractivity contribution in [3.63, 3.8) is 0 Å². The van der Waals surface area contributed by atoms with Crippen molar-refractivity contribution in [2.75, 3.05) is 10.8 Å². The molecule has 4 aromatic carbocycles. The van der Waals surface area contributed by atoms with Gasteiger partial charge < -0.3 is 10.2 Å². The van der Waals surface area contributed by atoms with Crippen LogP contribution in [0, 0.1) is 6.92 Å². The fraction of sp³-hybridized carbons (Fsp3) is 0.235. The molecule has 1 N–H and O–H groups in total. The van der Waals surface area contributed by atoms with Gasteiger partial charge in [-0.25, -0.2) is 8.42 Å². The van der Waals surface area contributed by atoms with Crippen molar-refractivity contribution < 1.29 is 18.0 Å². The number of hydrogen-bond donors (Lipinski definition) is 1. The van der Waals surface area contributed by atoms with Crippen LogP contribution in [0.5, 0.6) is 0 Å². The predicted molar refractivity (Wildman–Crippen MR) is 179 cm³/mol. The minimum absolute atomic E-state index is 0.00156. The van der Waals surface area contributed by atoms with Crippen molar-refractivity contribution in [3.05, 3.63) is 129 Å². The summed E-state index contributed by atoms with van der Waals surface area (Å²) in [5.41, 5.74) is 2.69. The summed E-state index contributed by atoms with van der Waals surface area (Å²) < 4.78 is 29.9. The second kappa shape index (κ2) is 14.9. The average molecular weight is 697 g/mol. The Hall–Kier alpha value is -3.66. The van der Waals surface area contributed by atoms with Gasteiger partial charge in [0.1, 0.15) is 12.6 Å². The van der Waals surface area contributed by atoms with Gasteiger partial charge in [-0.1, -0.05) is 99.8 Å². The summed E-state index contributed by atoms with van der Waals surface area (Å²) in [7, 11) is -4.18.